The Kier molecular flexibility index (Phi) is 5.21. The molecule has 0 aliphatic carbocycles. The molecule has 0 radical (unpaired) electrons. The molecule has 2 aromatic carbocycles. The summed E-state index contributed by atoms with van der Waals surface area (Å²) in [7, 11) is 0. The highest BCUT2D eigenvalue weighted by Crippen LogP contribution is 2.33. The number of nitrogens with zero attached hydrogens (tertiary/aromatic N) is 3. The van der Waals surface area contributed by atoms with Gasteiger partial charge in [0.1, 0.15) is 0 Å². The van der Waals surface area contributed by atoms with Gasteiger partial charge < -0.3 is 9.64 Å². The quantitative estimate of drug-likeness (QED) is 0.435. The number of halogens is 1. The van der Waals surface area contributed by atoms with E-state index in [1.165, 1.54) is 18.2 Å². The monoisotopic (exact) mass is 429 g/mol. The lowest BCUT2D eigenvalue weighted by atomic mass is 10.1. The van der Waals surface area contributed by atoms with Gasteiger partial charge in [-0.2, -0.15) is 0 Å². The van der Waals surface area contributed by atoms with E-state index in [9.17, 15) is 14.9 Å². The number of nitro groups is 1. The number of anilines is 1. The first-order valence-corrected chi connectivity index (χ1v) is 10.1. The van der Waals surface area contributed by atoms with E-state index in [1.807, 2.05) is 24.4 Å². The molecule has 1 aromatic heterocycles. The fourth-order valence-corrected chi connectivity index (χ4v) is 4.08. The summed E-state index contributed by atoms with van der Waals surface area (Å²) in [5.74, 6) is -0.244. The van der Waals surface area contributed by atoms with Gasteiger partial charge in [0.15, 0.2) is 12.4 Å². The van der Waals surface area contributed by atoms with Crippen LogP contribution in [-0.2, 0) is 11.2 Å². The summed E-state index contributed by atoms with van der Waals surface area (Å²) in [4.78, 5) is 29.4. The Morgan fingerprint density at radius 1 is 1.34 bits per heavy atom. The van der Waals surface area contributed by atoms with E-state index < -0.39 is 4.92 Å². The number of carbonyl (C=O) groups is 1. The third kappa shape index (κ3) is 3.94. The number of rotatable bonds is 5. The summed E-state index contributed by atoms with van der Waals surface area (Å²) in [6, 6.07) is 10.0. The number of nitro benzene ring substituents is 1. The number of hydrogen-bond donors (Lipinski definition) is 0. The minimum atomic E-state index is -0.585. The summed E-state index contributed by atoms with van der Waals surface area (Å²) in [5, 5.41) is 14.4. The first kappa shape index (κ1) is 19.4. The molecule has 0 saturated carbocycles. The Labute approximate surface area is 175 Å². The molecule has 0 saturated heterocycles. The second-order valence-electron chi connectivity index (χ2n) is 6.55. The number of benzene rings is 2. The number of hydrogen-bond acceptors (Lipinski definition) is 6. The molecular weight excluding hydrogens is 414 g/mol. The topological polar surface area (TPSA) is 85.6 Å². The summed E-state index contributed by atoms with van der Waals surface area (Å²) >= 11 is 7.40. The van der Waals surface area contributed by atoms with Crippen LogP contribution in [0.4, 0.5) is 11.4 Å². The molecule has 148 valence electrons. The predicted octanol–water partition coefficient (Wildman–Crippen LogP) is 4.65. The number of amides is 1. The van der Waals surface area contributed by atoms with Crippen LogP contribution in [0.2, 0.25) is 5.02 Å². The third-order valence-electron chi connectivity index (χ3n) is 4.66. The second kappa shape index (κ2) is 7.81. The smallest absolute Gasteiger partial charge is 0.312 e. The SMILES string of the molecule is Cc1nc(-c2ccc3c(c2)CCN3C(=O)COc2ccc(Cl)cc2[N+](=O)[O-])cs1. The molecule has 1 aliphatic heterocycles. The van der Waals surface area contributed by atoms with E-state index in [1.54, 1.807) is 16.2 Å². The summed E-state index contributed by atoms with van der Waals surface area (Å²) in [5.41, 5.74) is 3.59. The normalized spacial score (nSPS) is 12.7. The minimum absolute atomic E-state index is 0.0152. The van der Waals surface area contributed by atoms with Gasteiger partial charge in [-0.3, -0.25) is 14.9 Å². The van der Waals surface area contributed by atoms with Gasteiger partial charge in [0.05, 0.1) is 15.6 Å². The first-order chi connectivity index (χ1) is 13.9. The lowest BCUT2D eigenvalue weighted by Gasteiger charge is -2.18. The predicted molar refractivity (Wildman–Crippen MR) is 112 cm³/mol. The van der Waals surface area contributed by atoms with Crippen molar-refractivity contribution in [1.82, 2.24) is 4.98 Å². The molecular formula is C20H16ClN3O4S. The maximum atomic E-state index is 12.7. The van der Waals surface area contributed by atoms with Crippen LogP contribution in [-0.4, -0.2) is 29.0 Å². The fourth-order valence-electron chi connectivity index (χ4n) is 3.29. The lowest BCUT2D eigenvalue weighted by molar-refractivity contribution is -0.385. The zero-order valence-corrected chi connectivity index (χ0v) is 17.0. The van der Waals surface area contributed by atoms with E-state index in [4.69, 9.17) is 16.3 Å². The van der Waals surface area contributed by atoms with Crippen molar-refractivity contribution in [3.05, 3.63) is 67.5 Å². The maximum absolute atomic E-state index is 12.7. The van der Waals surface area contributed by atoms with Crippen molar-refractivity contribution in [3.63, 3.8) is 0 Å². The van der Waals surface area contributed by atoms with Crippen molar-refractivity contribution >= 4 is 40.2 Å². The number of fused-ring (bicyclic) bond motifs is 1. The molecule has 0 unspecified atom stereocenters. The zero-order valence-electron chi connectivity index (χ0n) is 15.4. The second-order valence-corrected chi connectivity index (χ2v) is 8.05. The van der Waals surface area contributed by atoms with Crippen molar-refractivity contribution in [2.75, 3.05) is 18.1 Å². The largest absolute Gasteiger partial charge is 0.477 e. The van der Waals surface area contributed by atoms with E-state index in [0.717, 1.165) is 33.9 Å². The van der Waals surface area contributed by atoms with Gasteiger partial charge in [-0.25, -0.2) is 4.98 Å². The standard InChI is InChI=1S/C20H16ClN3O4S/c1-12-22-16(11-29-12)13-2-4-17-14(8-13)6-7-23(17)20(25)10-28-19-5-3-15(21)9-18(19)24(26)27/h2-5,8-9,11H,6-7,10H2,1H3. The van der Waals surface area contributed by atoms with Gasteiger partial charge in [-0.05, 0) is 43.2 Å². The molecule has 0 N–H and O–H groups in total. The molecule has 1 aliphatic rings. The first-order valence-electron chi connectivity index (χ1n) is 8.85. The molecule has 4 rings (SSSR count). The number of thiazole rings is 1. The highest BCUT2D eigenvalue weighted by Gasteiger charge is 2.26. The van der Waals surface area contributed by atoms with Crippen LogP contribution >= 0.6 is 22.9 Å². The van der Waals surface area contributed by atoms with Gasteiger partial charge in [0, 0.05) is 34.3 Å². The maximum Gasteiger partial charge on any atom is 0.312 e. The minimum Gasteiger partial charge on any atom is -0.477 e. The number of carbonyl (C=O) groups excluding carboxylic acids is 1. The average Bonchev–Trinajstić information content (AvgIpc) is 3.32. The number of aryl methyl sites for hydroxylation is 1. The Balaban J connectivity index is 1.49. The molecule has 29 heavy (non-hydrogen) atoms. The molecule has 0 bridgehead atoms. The van der Waals surface area contributed by atoms with Crippen LogP contribution in [0, 0.1) is 17.0 Å². The van der Waals surface area contributed by atoms with Crippen LogP contribution in [0.25, 0.3) is 11.3 Å². The highest BCUT2D eigenvalue weighted by atomic mass is 35.5. The van der Waals surface area contributed by atoms with E-state index in [0.29, 0.717) is 6.54 Å². The van der Waals surface area contributed by atoms with Gasteiger partial charge in [-0.1, -0.05) is 17.7 Å². The van der Waals surface area contributed by atoms with Gasteiger partial charge in [0.25, 0.3) is 5.91 Å². The molecule has 2 heterocycles. The number of aromatic nitrogens is 1. The molecule has 0 fully saturated rings. The Hall–Kier alpha value is -2.97. The van der Waals surface area contributed by atoms with Crippen LogP contribution in [0.5, 0.6) is 5.75 Å². The molecule has 7 nitrogen and oxygen atoms in total. The summed E-state index contributed by atoms with van der Waals surface area (Å²) in [6.45, 7) is 2.21. The van der Waals surface area contributed by atoms with Crippen molar-refractivity contribution in [1.29, 1.82) is 0 Å². The molecule has 3 aromatic rings. The third-order valence-corrected chi connectivity index (χ3v) is 5.67. The van der Waals surface area contributed by atoms with Gasteiger partial charge in [-0.15, -0.1) is 11.3 Å². The lowest BCUT2D eigenvalue weighted by Crippen LogP contribution is -2.33. The van der Waals surface area contributed by atoms with E-state index in [2.05, 4.69) is 11.1 Å². The molecule has 0 atom stereocenters. The highest BCUT2D eigenvalue weighted by molar-refractivity contribution is 7.09. The van der Waals surface area contributed by atoms with E-state index >= 15 is 0 Å². The Bertz CT molecular complexity index is 1110. The fraction of sp³-hybridized carbons (Fsp3) is 0.200. The summed E-state index contributed by atoms with van der Waals surface area (Å²) < 4.78 is 5.44. The molecule has 1 amide bonds. The van der Waals surface area contributed by atoms with Crippen molar-refractivity contribution in [3.8, 4) is 17.0 Å². The van der Waals surface area contributed by atoms with Gasteiger partial charge >= 0.3 is 5.69 Å². The average molecular weight is 430 g/mol. The molecule has 0 spiro atoms. The van der Waals surface area contributed by atoms with Crippen LogP contribution in [0.15, 0.2) is 41.8 Å². The van der Waals surface area contributed by atoms with Crippen molar-refractivity contribution in [2.24, 2.45) is 0 Å². The van der Waals surface area contributed by atoms with Crippen LogP contribution in [0.3, 0.4) is 0 Å². The zero-order chi connectivity index (χ0) is 20.5. The van der Waals surface area contributed by atoms with Crippen LogP contribution in [0.1, 0.15) is 10.6 Å². The van der Waals surface area contributed by atoms with Crippen molar-refractivity contribution in [2.45, 2.75) is 13.3 Å². The Morgan fingerprint density at radius 2 is 2.17 bits per heavy atom. The van der Waals surface area contributed by atoms with Crippen molar-refractivity contribution < 1.29 is 14.5 Å². The molecule has 9 heteroatoms. The van der Waals surface area contributed by atoms with E-state index in [-0.39, 0.29) is 29.0 Å². The van der Waals surface area contributed by atoms with Crippen LogP contribution < -0.4 is 9.64 Å². The summed E-state index contributed by atoms with van der Waals surface area (Å²) in [6.07, 6.45) is 0.735. The van der Waals surface area contributed by atoms with Gasteiger partial charge in [0.2, 0.25) is 0 Å². The number of ether oxygens (including phenoxy) is 1. The Morgan fingerprint density at radius 3 is 2.90 bits per heavy atom.